The van der Waals surface area contributed by atoms with Gasteiger partial charge in [0, 0.05) is 12.6 Å². The lowest BCUT2D eigenvalue weighted by Gasteiger charge is -2.33. The fourth-order valence-electron chi connectivity index (χ4n) is 3.51. The molecule has 0 radical (unpaired) electrons. The Kier molecular flexibility index (Phi) is 3.30. The molecule has 2 aliphatic rings. The van der Waals surface area contributed by atoms with Gasteiger partial charge in [-0.1, -0.05) is 19.3 Å². The Hall–Kier alpha value is -1.39. The third-order valence-corrected chi connectivity index (χ3v) is 4.39. The number of carbonyl (C=O) groups excluding carboxylic acids is 1. The molecule has 18 heavy (non-hydrogen) atoms. The van der Waals surface area contributed by atoms with E-state index in [2.05, 4.69) is 15.4 Å². The standard InChI is InChI=1S/C13H20N4O/c18-13(11-9-14-16-15-11)17-8-4-7-12(17)10-5-2-1-3-6-10/h9-10,12H,1-8H2,(H,14,15,16). The molecule has 5 heteroatoms. The highest BCUT2D eigenvalue weighted by Crippen LogP contribution is 2.34. The largest absolute Gasteiger partial charge is 0.334 e. The van der Waals surface area contributed by atoms with E-state index in [1.807, 2.05) is 4.90 Å². The number of carbonyl (C=O) groups is 1. The number of amides is 1. The molecular formula is C13H20N4O. The second kappa shape index (κ2) is 5.08. The zero-order chi connectivity index (χ0) is 12.4. The van der Waals surface area contributed by atoms with E-state index in [0.29, 0.717) is 17.7 Å². The molecule has 1 aliphatic heterocycles. The normalized spacial score (nSPS) is 25.6. The summed E-state index contributed by atoms with van der Waals surface area (Å²) in [5.41, 5.74) is 0.456. The third kappa shape index (κ3) is 2.13. The highest BCUT2D eigenvalue weighted by atomic mass is 16.2. The Bertz CT molecular complexity index is 397. The van der Waals surface area contributed by atoms with E-state index in [-0.39, 0.29) is 5.91 Å². The topological polar surface area (TPSA) is 61.9 Å². The average molecular weight is 248 g/mol. The highest BCUT2D eigenvalue weighted by molar-refractivity contribution is 5.92. The number of likely N-dealkylation sites (tertiary alicyclic amines) is 1. The van der Waals surface area contributed by atoms with Crippen LogP contribution in [0.15, 0.2) is 6.20 Å². The van der Waals surface area contributed by atoms with E-state index < -0.39 is 0 Å². The third-order valence-electron chi connectivity index (χ3n) is 4.39. The Balaban J connectivity index is 1.72. The van der Waals surface area contributed by atoms with Crippen LogP contribution in [0.1, 0.15) is 55.4 Å². The quantitative estimate of drug-likeness (QED) is 0.870. The molecule has 1 aromatic heterocycles. The van der Waals surface area contributed by atoms with Crippen LogP contribution in [0.25, 0.3) is 0 Å². The van der Waals surface area contributed by atoms with E-state index in [4.69, 9.17) is 0 Å². The Labute approximate surface area is 107 Å². The minimum atomic E-state index is 0.0526. The van der Waals surface area contributed by atoms with E-state index in [1.165, 1.54) is 38.3 Å². The maximum absolute atomic E-state index is 12.4. The second-order valence-electron chi connectivity index (χ2n) is 5.46. The van der Waals surface area contributed by atoms with Crippen LogP contribution in [-0.2, 0) is 0 Å². The Morgan fingerprint density at radius 3 is 2.78 bits per heavy atom. The second-order valence-corrected chi connectivity index (χ2v) is 5.46. The van der Waals surface area contributed by atoms with Gasteiger partial charge in [-0.05, 0) is 31.6 Å². The molecule has 1 atom stereocenters. The molecule has 1 saturated carbocycles. The van der Waals surface area contributed by atoms with Gasteiger partial charge in [0.15, 0.2) is 5.69 Å². The minimum absolute atomic E-state index is 0.0526. The number of nitrogens with zero attached hydrogens (tertiary/aromatic N) is 3. The van der Waals surface area contributed by atoms with E-state index in [9.17, 15) is 4.79 Å². The van der Waals surface area contributed by atoms with Crippen molar-refractivity contribution in [2.75, 3.05) is 6.54 Å². The average Bonchev–Trinajstić information content (AvgIpc) is 3.10. The molecule has 1 amide bonds. The predicted octanol–water partition coefficient (Wildman–Crippen LogP) is 1.99. The first-order valence-electron chi connectivity index (χ1n) is 7.03. The molecule has 0 bridgehead atoms. The van der Waals surface area contributed by atoms with E-state index in [1.54, 1.807) is 0 Å². The molecule has 0 aromatic carbocycles. The molecule has 5 nitrogen and oxygen atoms in total. The first kappa shape index (κ1) is 11.7. The van der Waals surface area contributed by atoms with Gasteiger partial charge in [0.2, 0.25) is 0 Å². The molecule has 2 fully saturated rings. The molecule has 1 unspecified atom stereocenters. The lowest BCUT2D eigenvalue weighted by molar-refractivity contribution is 0.0655. The fourth-order valence-corrected chi connectivity index (χ4v) is 3.51. The number of H-pyrrole nitrogens is 1. The van der Waals surface area contributed by atoms with Crippen molar-refractivity contribution < 1.29 is 4.79 Å². The summed E-state index contributed by atoms with van der Waals surface area (Å²) in [6.45, 7) is 0.882. The van der Waals surface area contributed by atoms with Gasteiger partial charge < -0.3 is 4.90 Å². The van der Waals surface area contributed by atoms with Crippen molar-refractivity contribution in [3.05, 3.63) is 11.9 Å². The zero-order valence-electron chi connectivity index (χ0n) is 10.6. The lowest BCUT2D eigenvalue weighted by Crippen LogP contribution is -2.40. The summed E-state index contributed by atoms with van der Waals surface area (Å²) in [6.07, 6.45) is 10.4. The van der Waals surface area contributed by atoms with Crippen LogP contribution < -0.4 is 0 Å². The summed E-state index contributed by atoms with van der Waals surface area (Å²) in [7, 11) is 0. The summed E-state index contributed by atoms with van der Waals surface area (Å²) in [6, 6.07) is 0.439. The predicted molar refractivity (Wildman–Crippen MR) is 67.0 cm³/mol. The molecule has 1 saturated heterocycles. The fraction of sp³-hybridized carbons (Fsp3) is 0.769. The van der Waals surface area contributed by atoms with Crippen LogP contribution in [0, 0.1) is 5.92 Å². The van der Waals surface area contributed by atoms with E-state index in [0.717, 1.165) is 19.4 Å². The maximum Gasteiger partial charge on any atom is 0.276 e. The maximum atomic E-state index is 12.4. The van der Waals surface area contributed by atoms with Crippen LogP contribution >= 0.6 is 0 Å². The number of aromatic amines is 1. The molecule has 1 N–H and O–H groups in total. The van der Waals surface area contributed by atoms with Gasteiger partial charge in [0.05, 0.1) is 6.20 Å². The highest BCUT2D eigenvalue weighted by Gasteiger charge is 2.36. The first-order chi connectivity index (χ1) is 8.86. The van der Waals surface area contributed by atoms with Crippen LogP contribution in [0.4, 0.5) is 0 Å². The molecule has 1 aromatic rings. The molecular weight excluding hydrogens is 228 g/mol. The van der Waals surface area contributed by atoms with Crippen molar-refractivity contribution in [2.45, 2.75) is 51.0 Å². The van der Waals surface area contributed by atoms with Crippen LogP contribution in [0.2, 0.25) is 0 Å². The summed E-state index contributed by atoms with van der Waals surface area (Å²) in [4.78, 5) is 14.4. The number of rotatable bonds is 2. The summed E-state index contributed by atoms with van der Waals surface area (Å²) in [5, 5.41) is 10.2. The lowest BCUT2D eigenvalue weighted by atomic mass is 9.83. The van der Waals surface area contributed by atoms with Crippen LogP contribution in [-0.4, -0.2) is 38.8 Å². The molecule has 3 rings (SSSR count). The van der Waals surface area contributed by atoms with Gasteiger partial charge >= 0.3 is 0 Å². The summed E-state index contributed by atoms with van der Waals surface area (Å²) < 4.78 is 0. The summed E-state index contributed by atoms with van der Waals surface area (Å²) in [5.74, 6) is 0.758. The minimum Gasteiger partial charge on any atom is -0.334 e. The zero-order valence-corrected chi connectivity index (χ0v) is 10.6. The number of aromatic nitrogens is 3. The number of hydrogen-bond donors (Lipinski definition) is 1. The molecule has 1 aliphatic carbocycles. The van der Waals surface area contributed by atoms with Crippen molar-refractivity contribution in [3.8, 4) is 0 Å². The van der Waals surface area contributed by atoms with Crippen molar-refractivity contribution in [3.63, 3.8) is 0 Å². The molecule has 2 heterocycles. The van der Waals surface area contributed by atoms with Crippen molar-refractivity contribution in [2.24, 2.45) is 5.92 Å². The van der Waals surface area contributed by atoms with Gasteiger partial charge in [0.1, 0.15) is 0 Å². The summed E-state index contributed by atoms with van der Waals surface area (Å²) >= 11 is 0. The number of hydrogen-bond acceptors (Lipinski definition) is 3. The van der Waals surface area contributed by atoms with Crippen LogP contribution in [0.5, 0.6) is 0 Å². The van der Waals surface area contributed by atoms with Crippen molar-refractivity contribution >= 4 is 5.91 Å². The van der Waals surface area contributed by atoms with Gasteiger partial charge in [-0.25, -0.2) is 0 Å². The van der Waals surface area contributed by atoms with Gasteiger partial charge in [-0.2, -0.15) is 15.4 Å². The number of nitrogens with one attached hydrogen (secondary N) is 1. The first-order valence-corrected chi connectivity index (χ1v) is 7.03. The van der Waals surface area contributed by atoms with Gasteiger partial charge in [-0.3, -0.25) is 4.79 Å². The molecule has 98 valence electrons. The van der Waals surface area contributed by atoms with Crippen LogP contribution in [0.3, 0.4) is 0 Å². The van der Waals surface area contributed by atoms with E-state index >= 15 is 0 Å². The monoisotopic (exact) mass is 248 g/mol. The Morgan fingerprint density at radius 2 is 2.06 bits per heavy atom. The van der Waals surface area contributed by atoms with Gasteiger partial charge in [-0.15, -0.1) is 0 Å². The smallest absolute Gasteiger partial charge is 0.276 e. The van der Waals surface area contributed by atoms with Crippen molar-refractivity contribution in [1.82, 2.24) is 20.3 Å². The SMILES string of the molecule is O=C(c1cn[nH]n1)N1CCCC1C1CCCCC1. The Morgan fingerprint density at radius 1 is 1.22 bits per heavy atom. The van der Waals surface area contributed by atoms with Crippen molar-refractivity contribution in [1.29, 1.82) is 0 Å². The molecule has 0 spiro atoms. The van der Waals surface area contributed by atoms with Gasteiger partial charge in [0.25, 0.3) is 5.91 Å².